The lowest BCUT2D eigenvalue weighted by molar-refractivity contribution is -0.186. The smallest absolute Gasteiger partial charge is 0.342 e. The number of carbonyl (C=O) groups excluding carboxylic acids is 1. The van der Waals surface area contributed by atoms with Gasteiger partial charge in [0.05, 0.1) is 11.8 Å². The van der Waals surface area contributed by atoms with Gasteiger partial charge in [0, 0.05) is 19.6 Å². The fourth-order valence-corrected chi connectivity index (χ4v) is 2.55. The van der Waals surface area contributed by atoms with Gasteiger partial charge in [-0.2, -0.15) is 13.2 Å². The van der Waals surface area contributed by atoms with E-state index in [-0.39, 0.29) is 50.2 Å². The van der Waals surface area contributed by atoms with Gasteiger partial charge in [-0.25, -0.2) is 0 Å². The van der Waals surface area contributed by atoms with Crippen LogP contribution in [0.2, 0.25) is 0 Å². The fraction of sp³-hybridized carbons (Fsp3) is 0.909. The number of nitrogens with zero attached hydrogens (tertiary/aromatic N) is 1. The van der Waals surface area contributed by atoms with E-state index in [9.17, 15) is 18.0 Å². The highest BCUT2D eigenvalue weighted by Crippen LogP contribution is 2.34. The Labute approximate surface area is 110 Å². The third-order valence-corrected chi connectivity index (χ3v) is 3.68. The van der Waals surface area contributed by atoms with Crippen LogP contribution in [0.5, 0.6) is 0 Å². The molecule has 3 nitrogen and oxygen atoms in total. The molecule has 1 amide bonds. The van der Waals surface area contributed by atoms with Crippen LogP contribution in [0.15, 0.2) is 0 Å². The summed E-state index contributed by atoms with van der Waals surface area (Å²) in [6.07, 6.45) is -3.20. The zero-order valence-electron chi connectivity index (χ0n) is 10.0. The van der Waals surface area contributed by atoms with Crippen LogP contribution in [-0.4, -0.2) is 43.2 Å². The summed E-state index contributed by atoms with van der Waals surface area (Å²) in [6, 6.07) is 0. The lowest BCUT2D eigenvalue weighted by atomic mass is 9.95. The Bertz CT molecular complexity index is 285. The largest absolute Gasteiger partial charge is 0.391 e. The predicted molar refractivity (Wildman–Crippen MR) is 63.6 cm³/mol. The minimum Gasteiger partial charge on any atom is -0.342 e. The molecule has 2 rings (SSSR count). The van der Waals surface area contributed by atoms with Crippen LogP contribution in [-0.2, 0) is 4.79 Å². The first-order valence-electron chi connectivity index (χ1n) is 6.04. The molecule has 18 heavy (non-hydrogen) atoms. The molecule has 1 atom stereocenters. The number of amides is 1. The minimum atomic E-state index is -4.11. The zero-order valence-corrected chi connectivity index (χ0v) is 10.8. The van der Waals surface area contributed by atoms with E-state index in [0.717, 1.165) is 13.0 Å². The van der Waals surface area contributed by atoms with Crippen molar-refractivity contribution in [3.8, 4) is 0 Å². The number of likely N-dealkylation sites (tertiary alicyclic amines) is 1. The summed E-state index contributed by atoms with van der Waals surface area (Å²) in [7, 11) is 0. The lowest BCUT2D eigenvalue weighted by Crippen LogP contribution is -2.44. The highest BCUT2D eigenvalue weighted by molar-refractivity contribution is 5.85. The number of rotatable bonds is 1. The van der Waals surface area contributed by atoms with Gasteiger partial charge >= 0.3 is 6.18 Å². The summed E-state index contributed by atoms with van der Waals surface area (Å²) in [5, 5.41) is 3.10. The number of carbonyl (C=O) groups is 1. The maximum Gasteiger partial charge on any atom is 0.391 e. The number of halogens is 4. The molecule has 106 valence electrons. The molecule has 1 N–H and O–H groups in total. The molecular formula is C11H18ClF3N2O. The molecule has 0 radical (unpaired) electrons. The van der Waals surface area contributed by atoms with Crippen LogP contribution in [0.1, 0.15) is 19.3 Å². The van der Waals surface area contributed by atoms with Crippen molar-refractivity contribution < 1.29 is 18.0 Å². The van der Waals surface area contributed by atoms with E-state index in [2.05, 4.69) is 5.32 Å². The Kier molecular flexibility index (Phi) is 5.28. The van der Waals surface area contributed by atoms with Gasteiger partial charge in [-0.3, -0.25) is 4.79 Å². The molecule has 7 heteroatoms. The van der Waals surface area contributed by atoms with E-state index in [0.29, 0.717) is 6.54 Å². The van der Waals surface area contributed by atoms with Gasteiger partial charge in [0.25, 0.3) is 0 Å². The highest BCUT2D eigenvalue weighted by atomic mass is 35.5. The number of nitrogens with one attached hydrogen (secondary N) is 1. The first-order valence-corrected chi connectivity index (χ1v) is 6.04. The fourth-order valence-electron chi connectivity index (χ4n) is 2.55. The lowest BCUT2D eigenvalue weighted by Gasteiger charge is -2.34. The van der Waals surface area contributed by atoms with Gasteiger partial charge in [0.1, 0.15) is 0 Å². The third kappa shape index (κ3) is 3.51. The molecule has 0 unspecified atom stereocenters. The molecule has 0 saturated carbocycles. The van der Waals surface area contributed by atoms with E-state index in [1.165, 1.54) is 0 Å². The number of alkyl halides is 3. The number of hydrogen-bond acceptors (Lipinski definition) is 2. The zero-order chi connectivity index (χ0) is 12.5. The molecule has 0 aliphatic carbocycles. The van der Waals surface area contributed by atoms with Crippen molar-refractivity contribution in [3.63, 3.8) is 0 Å². The van der Waals surface area contributed by atoms with Gasteiger partial charge in [-0.1, -0.05) is 0 Å². The first-order chi connectivity index (χ1) is 7.98. The van der Waals surface area contributed by atoms with Gasteiger partial charge in [-0.15, -0.1) is 12.4 Å². The maximum atomic E-state index is 12.5. The second-order valence-electron chi connectivity index (χ2n) is 4.83. The molecule has 2 heterocycles. The summed E-state index contributed by atoms with van der Waals surface area (Å²) in [5.41, 5.74) is 0. The van der Waals surface area contributed by atoms with Crippen LogP contribution < -0.4 is 5.32 Å². The second kappa shape index (κ2) is 6.10. The Balaban J connectivity index is 0.00000162. The number of hydrogen-bond donors (Lipinski definition) is 1. The van der Waals surface area contributed by atoms with Gasteiger partial charge in [0.2, 0.25) is 5.91 Å². The monoisotopic (exact) mass is 286 g/mol. The highest BCUT2D eigenvalue weighted by Gasteiger charge is 2.42. The van der Waals surface area contributed by atoms with Crippen molar-refractivity contribution in [3.05, 3.63) is 0 Å². The number of piperidine rings is 1. The predicted octanol–water partition coefficient (Wildman–Crippen LogP) is 1.82. The van der Waals surface area contributed by atoms with Crippen LogP contribution in [0.4, 0.5) is 13.2 Å². The molecule has 2 fully saturated rings. The SMILES string of the molecule is Cl.O=C([C@@H]1CCNC1)N1CCC(C(F)(F)F)CC1. The molecule has 2 aliphatic heterocycles. The van der Waals surface area contributed by atoms with Gasteiger partial charge in [-0.05, 0) is 25.8 Å². The summed E-state index contributed by atoms with van der Waals surface area (Å²) >= 11 is 0. The first kappa shape index (κ1) is 15.6. The van der Waals surface area contributed by atoms with Crippen molar-refractivity contribution in [1.29, 1.82) is 0 Å². The van der Waals surface area contributed by atoms with Crippen molar-refractivity contribution >= 4 is 18.3 Å². The third-order valence-electron chi connectivity index (χ3n) is 3.68. The van der Waals surface area contributed by atoms with Gasteiger partial charge in [0.15, 0.2) is 0 Å². The normalized spacial score (nSPS) is 25.9. The standard InChI is InChI=1S/C11H17F3N2O.ClH/c12-11(13,14)9-2-5-16(6-3-9)10(17)8-1-4-15-7-8;/h8-9,15H,1-7H2;1H/t8-;/m1./s1. The maximum absolute atomic E-state index is 12.5. The average Bonchev–Trinajstić information content (AvgIpc) is 2.80. The summed E-state index contributed by atoms with van der Waals surface area (Å²) < 4.78 is 37.4. The van der Waals surface area contributed by atoms with E-state index in [1.54, 1.807) is 4.90 Å². The quantitative estimate of drug-likeness (QED) is 0.797. The topological polar surface area (TPSA) is 32.3 Å². The van der Waals surface area contributed by atoms with Crippen LogP contribution in [0.3, 0.4) is 0 Å². The van der Waals surface area contributed by atoms with Crippen molar-refractivity contribution in [2.24, 2.45) is 11.8 Å². The van der Waals surface area contributed by atoms with Crippen LogP contribution >= 0.6 is 12.4 Å². The molecular weight excluding hydrogens is 269 g/mol. The molecule has 0 aromatic heterocycles. The Morgan fingerprint density at radius 3 is 2.22 bits per heavy atom. The molecule has 2 saturated heterocycles. The van der Waals surface area contributed by atoms with Crippen LogP contribution in [0.25, 0.3) is 0 Å². The summed E-state index contributed by atoms with van der Waals surface area (Å²) in [4.78, 5) is 13.6. The molecule has 2 aliphatic rings. The Hall–Kier alpha value is -0.490. The van der Waals surface area contributed by atoms with Crippen molar-refractivity contribution in [1.82, 2.24) is 10.2 Å². The Morgan fingerprint density at radius 1 is 1.17 bits per heavy atom. The molecule has 0 spiro atoms. The Morgan fingerprint density at radius 2 is 1.78 bits per heavy atom. The minimum absolute atomic E-state index is 0. The van der Waals surface area contributed by atoms with Crippen molar-refractivity contribution in [2.45, 2.75) is 25.4 Å². The summed E-state index contributed by atoms with van der Waals surface area (Å²) in [5.74, 6) is -1.23. The molecule has 0 bridgehead atoms. The average molecular weight is 287 g/mol. The van der Waals surface area contributed by atoms with Crippen LogP contribution in [0, 0.1) is 11.8 Å². The van der Waals surface area contributed by atoms with Gasteiger partial charge < -0.3 is 10.2 Å². The molecule has 0 aromatic carbocycles. The second-order valence-corrected chi connectivity index (χ2v) is 4.83. The van der Waals surface area contributed by atoms with E-state index < -0.39 is 12.1 Å². The van der Waals surface area contributed by atoms with E-state index in [4.69, 9.17) is 0 Å². The van der Waals surface area contributed by atoms with Crippen molar-refractivity contribution in [2.75, 3.05) is 26.2 Å². The molecule has 0 aromatic rings. The van der Waals surface area contributed by atoms with E-state index in [1.807, 2.05) is 0 Å². The van der Waals surface area contributed by atoms with E-state index >= 15 is 0 Å². The summed E-state index contributed by atoms with van der Waals surface area (Å²) in [6.45, 7) is 1.99.